The molecule has 0 bridgehead atoms. The van der Waals surface area contributed by atoms with Gasteiger partial charge in [0, 0.05) is 25.0 Å². The number of hydrogen-bond acceptors (Lipinski definition) is 5. The number of nitrogens with zero attached hydrogens (tertiary/aromatic N) is 3. The Bertz CT molecular complexity index is 740. The van der Waals surface area contributed by atoms with Crippen LogP contribution in [0.25, 0.3) is 11.6 Å². The van der Waals surface area contributed by atoms with Crippen molar-refractivity contribution >= 4 is 35.8 Å². The molecule has 2 aromatic heterocycles. The molecule has 0 aromatic carbocycles. The second-order valence-electron chi connectivity index (χ2n) is 3.84. The highest BCUT2D eigenvalue weighted by Crippen LogP contribution is 2.32. The number of allylic oxidation sites excluding steroid dienone is 1. The minimum Gasteiger partial charge on any atom is -0.492 e. The maximum absolute atomic E-state index is 9.82. The Balaban J connectivity index is 2.12. The van der Waals surface area contributed by atoms with Gasteiger partial charge in [-0.3, -0.25) is 14.5 Å². The first-order chi connectivity index (χ1) is 8.66. The van der Waals surface area contributed by atoms with Crippen molar-refractivity contribution in [3.05, 3.63) is 34.6 Å². The minimum absolute atomic E-state index is 0.00900. The molecule has 0 aliphatic carbocycles. The van der Waals surface area contributed by atoms with Gasteiger partial charge in [-0.1, -0.05) is 0 Å². The van der Waals surface area contributed by atoms with Crippen molar-refractivity contribution in [2.24, 2.45) is 12.0 Å². The van der Waals surface area contributed by atoms with Crippen LogP contribution in [-0.4, -0.2) is 20.9 Å². The van der Waals surface area contributed by atoms with Gasteiger partial charge in [-0.05, 0) is 30.4 Å². The van der Waals surface area contributed by atoms with Gasteiger partial charge in [-0.15, -0.1) is 0 Å². The fourth-order valence-electron chi connectivity index (χ4n) is 1.72. The predicted molar refractivity (Wildman–Crippen MR) is 70.4 cm³/mol. The molecule has 1 N–H and O–H groups in total. The first-order valence-electron chi connectivity index (χ1n) is 5.27. The second kappa shape index (κ2) is 3.92. The van der Waals surface area contributed by atoms with Crippen molar-refractivity contribution in [3.63, 3.8) is 0 Å². The van der Waals surface area contributed by atoms with Crippen molar-refractivity contribution in [2.75, 3.05) is 0 Å². The molecule has 0 amide bonds. The monoisotopic (exact) mass is 259 g/mol. The van der Waals surface area contributed by atoms with E-state index in [-0.39, 0.29) is 10.7 Å². The molecule has 3 heterocycles. The summed E-state index contributed by atoms with van der Waals surface area (Å²) in [5, 5.41) is 9.82. The largest absolute Gasteiger partial charge is 0.492 e. The zero-order chi connectivity index (χ0) is 12.7. The van der Waals surface area contributed by atoms with Gasteiger partial charge in [0.25, 0.3) is 4.84 Å². The van der Waals surface area contributed by atoms with Gasteiger partial charge in [0.2, 0.25) is 5.88 Å². The molecule has 0 saturated heterocycles. The van der Waals surface area contributed by atoms with E-state index in [1.54, 1.807) is 25.5 Å². The van der Waals surface area contributed by atoms with E-state index in [4.69, 9.17) is 16.6 Å². The quantitative estimate of drug-likeness (QED) is 0.800. The Hall–Kier alpha value is -2.21. The van der Waals surface area contributed by atoms with Gasteiger partial charge in [0.1, 0.15) is 0 Å². The lowest BCUT2D eigenvalue weighted by molar-refractivity contribution is 0.428. The summed E-state index contributed by atoms with van der Waals surface area (Å²) in [5.41, 5.74) is 2.35. The van der Waals surface area contributed by atoms with E-state index >= 15 is 0 Å². The molecule has 5 nitrogen and oxygen atoms in total. The summed E-state index contributed by atoms with van der Waals surface area (Å²) in [6.45, 7) is 0. The van der Waals surface area contributed by atoms with Crippen LogP contribution in [0.15, 0.2) is 27.7 Å². The van der Waals surface area contributed by atoms with Gasteiger partial charge in [-0.25, -0.2) is 0 Å². The van der Waals surface area contributed by atoms with Crippen LogP contribution in [0.4, 0.5) is 5.69 Å². The topological polar surface area (TPSA) is 63.5 Å². The van der Waals surface area contributed by atoms with Gasteiger partial charge in [0.15, 0.2) is 5.76 Å². The number of fused-ring (bicyclic) bond motifs is 1. The van der Waals surface area contributed by atoms with Gasteiger partial charge in [-0.2, -0.15) is 0 Å². The molecular weight excluding hydrogens is 250 g/mol. The number of rotatable bonds is 1. The van der Waals surface area contributed by atoms with Crippen LogP contribution in [0.2, 0.25) is 0 Å². The maximum atomic E-state index is 9.82. The Morgan fingerprint density at radius 1 is 1.50 bits per heavy atom. The molecule has 6 heteroatoms. The van der Waals surface area contributed by atoms with Gasteiger partial charge in [0.05, 0.1) is 11.4 Å². The molecule has 1 aliphatic heterocycles. The summed E-state index contributed by atoms with van der Waals surface area (Å²) in [4.78, 5) is 8.69. The summed E-state index contributed by atoms with van der Waals surface area (Å²) in [7, 11) is 1.64. The average Bonchev–Trinajstić information content (AvgIpc) is 2.89. The van der Waals surface area contributed by atoms with Gasteiger partial charge >= 0.3 is 0 Å². The highest BCUT2D eigenvalue weighted by molar-refractivity contribution is 7.71. The lowest BCUT2D eigenvalue weighted by Gasteiger charge is -1.96. The Morgan fingerprint density at radius 3 is 3.06 bits per heavy atom. The summed E-state index contributed by atoms with van der Waals surface area (Å²) in [6, 6.07) is 3.70. The number of aromatic nitrogens is 2. The summed E-state index contributed by atoms with van der Waals surface area (Å²) in [5.74, 6) is 0.299. The molecule has 0 spiro atoms. The Labute approximate surface area is 108 Å². The normalized spacial score (nSPS) is 15.3. The third-order valence-electron chi connectivity index (χ3n) is 2.70. The van der Waals surface area contributed by atoms with Crippen LogP contribution in [0.1, 0.15) is 11.5 Å². The number of oxazole rings is 1. The number of aliphatic imine (C=N–C) groups is 1. The average molecular weight is 259 g/mol. The van der Waals surface area contributed by atoms with Crippen molar-refractivity contribution in [1.82, 2.24) is 9.55 Å². The van der Waals surface area contributed by atoms with Crippen LogP contribution < -0.4 is 0 Å². The van der Waals surface area contributed by atoms with E-state index in [2.05, 4.69) is 9.98 Å². The van der Waals surface area contributed by atoms with E-state index in [9.17, 15) is 5.11 Å². The fourth-order valence-corrected chi connectivity index (χ4v) is 1.90. The van der Waals surface area contributed by atoms with E-state index in [1.165, 1.54) is 4.57 Å². The standard InChI is InChI=1S/C12H9N3O2S/c1-15-11(16)9(17-12(15)18)5-7-6-14-8-3-2-4-13-10(7)8/h2-6,16H,1H3. The smallest absolute Gasteiger partial charge is 0.271 e. The van der Waals surface area contributed by atoms with Crippen molar-refractivity contribution in [1.29, 1.82) is 0 Å². The molecule has 2 aromatic rings. The molecule has 0 radical (unpaired) electrons. The minimum atomic E-state index is -0.00900. The molecule has 90 valence electrons. The molecule has 18 heavy (non-hydrogen) atoms. The summed E-state index contributed by atoms with van der Waals surface area (Å²) < 4.78 is 6.68. The van der Waals surface area contributed by atoms with Crippen LogP contribution >= 0.6 is 12.2 Å². The van der Waals surface area contributed by atoms with Crippen LogP contribution in [0.3, 0.4) is 0 Å². The SMILES string of the molecule is Cn1c(O)c(C=C2C=Nc3cccnc32)oc1=S. The lowest BCUT2D eigenvalue weighted by Crippen LogP contribution is -1.86. The van der Waals surface area contributed by atoms with Crippen molar-refractivity contribution in [2.45, 2.75) is 0 Å². The number of hydrogen-bond donors (Lipinski definition) is 1. The first-order valence-corrected chi connectivity index (χ1v) is 5.67. The highest BCUT2D eigenvalue weighted by atomic mass is 32.1. The third-order valence-corrected chi connectivity index (χ3v) is 3.06. The molecule has 0 fully saturated rings. The predicted octanol–water partition coefficient (Wildman–Crippen LogP) is 2.70. The first kappa shape index (κ1) is 10.9. The molecule has 1 aliphatic rings. The van der Waals surface area contributed by atoms with E-state index in [1.807, 2.05) is 12.1 Å². The maximum Gasteiger partial charge on any atom is 0.271 e. The highest BCUT2D eigenvalue weighted by Gasteiger charge is 2.16. The zero-order valence-electron chi connectivity index (χ0n) is 9.49. The summed E-state index contributed by atoms with van der Waals surface area (Å²) in [6.07, 6.45) is 5.05. The van der Waals surface area contributed by atoms with E-state index in [0.29, 0.717) is 5.76 Å². The Kier molecular flexibility index (Phi) is 2.38. The molecule has 0 unspecified atom stereocenters. The molecule has 0 saturated carbocycles. The van der Waals surface area contributed by atoms with Crippen molar-refractivity contribution in [3.8, 4) is 5.88 Å². The van der Waals surface area contributed by atoms with E-state index in [0.717, 1.165) is 17.0 Å². The summed E-state index contributed by atoms with van der Waals surface area (Å²) >= 11 is 4.94. The molecular formula is C12H9N3O2S. The number of pyridine rings is 1. The second-order valence-corrected chi connectivity index (χ2v) is 4.19. The molecule has 0 atom stereocenters. The lowest BCUT2D eigenvalue weighted by atomic mass is 10.1. The molecule has 3 rings (SSSR count). The van der Waals surface area contributed by atoms with Crippen LogP contribution in [0, 0.1) is 4.84 Å². The zero-order valence-corrected chi connectivity index (χ0v) is 10.3. The number of aromatic hydroxyl groups is 1. The van der Waals surface area contributed by atoms with Gasteiger partial charge < -0.3 is 9.52 Å². The fraction of sp³-hybridized carbons (Fsp3) is 0.0833. The van der Waals surface area contributed by atoms with Crippen LogP contribution in [0.5, 0.6) is 5.88 Å². The van der Waals surface area contributed by atoms with Crippen molar-refractivity contribution < 1.29 is 9.52 Å². The van der Waals surface area contributed by atoms with E-state index < -0.39 is 0 Å². The van der Waals surface area contributed by atoms with Crippen LogP contribution in [-0.2, 0) is 7.05 Å². The third kappa shape index (κ3) is 1.58. The Morgan fingerprint density at radius 2 is 2.33 bits per heavy atom.